The third kappa shape index (κ3) is 1.30. The third-order valence-electron chi connectivity index (χ3n) is 4.67. The molecule has 16 heavy (non-hydrogen) atoms. The smallest absolute Gasteiger partial charge is 0.164 e. The predicted octanol–water partition coefficient (Wildman–Crippen LogP) is 0.295. The number of piperidine rings is 3. The van der Waals surface area contributed by atoms with Crippen molar-refractivity contribution in [3.63, 3.8) is 0 Å². The first-order valence-electron chi connectivity index (χ1n) is 5.91. The Morgan fingerprint density at radius 2 is 2.31 bits per heavy atom. The highest BCUT2D eigenvalue weighted by Gasteiger charge is 2.60. The SMILES string of the molecule is COC[C@@]1(CO)C(=O)[C@]2(C)CCN1C[C@@H]2C. The number of aliphatic hydroxyl groups excluding tert-OH is 1. The molecule has 0 radical (unpaired) electrons. The summed E-state index contributed by atoms with van der Waals surface area (Å²) in [7, 11) is 1.58. The van der Waals surface area contributed by atoms with Crippen molar-refractivity contribution in [3.8, 4) is 0 Å². The van der Waals surface area contributed by atoms with Gasteiger partial charge in [0.15, 0.2) is 5.78 Å². The van der Waals surface area contributed by atoms with Crippen molar-refractivity contribution >= 4 is 5.78 Å². The summed E-state index contributed by atoms with van der Waals surface area (Å²) in [5.41, 5.74) is -1.07. The van der Waals surface area contributed by atoms with E-state index in [1.807, 2.05) is 6.92 Å². The first-order valence-corrected chi connectivity index (χ1v) is 5.91. The van der Waals surface area contributed by atoms with E-state index < -0.39 is 5.54 Å². The molecule has 0 amide bonds. The second kappa shape index (κ2) is 3.79. The molecule has 0 aromatic rings. The highest BCUT2D eigenvalue weighted by molar-refractivity contribution is 5.95. The summed E-state index contributed by atoms with van der Waals surface area (Å²) in [5, 5.41) is 9.62. The zero-order valence-electron chi connectivity index (χ0n) is 10.3. The highest BCUT2D eigenvalue weighted by atomic mass is 16.5. The quantitative estimate of drug-likeness (QED) is 0.753. The summed E-state index contributed by atoms with van der Waals surface area (Å²) in [5.74, 6) is 0.527. The van der Waals surface area contributed by atoms with Crippen LogP contribution < -0.4 is 0 Å². The number of ketones is 1. The van der Waals surface area contributed by atoms with E-state index in [0.29, 0.717) is 12.5 Å². The standard InChI is InChI=1S/C12H21NO3/c1-9-6-13-5-4-11(9,2)10(15)12(13,7-14)8-16-3/h9,14H,4-8H2,1-3H3/t9-,11+,12-/m0/s1. The Morgan fingerprint density at radius 1 is 1.62 bits per heavy atom. The molecule has 4 nitrogen and oxygen atoms in total. The maximum atomic E-state index is 12.6. The van der Waals surface area contributed by atoms with Gasteiger partial charge >= 0.3 is 0 Å². The summed E-state index contributed by atoms with van der Waals surface area (Å²) in [6.45, 7) is 6.09. The van der Waals surface area contributed by atoms with E-state index in [0.717, 1.165) is 19.5 Å². The number of carbonyl (C=O) groups is 1. The second-order valence-corrected chi connectivity index (χ2v) is 5.47. The van der Waals surface area contributed by atoms with Gasteiger partial charge in [0, 0.05) is 25.6 Å². The van der Waals surface area contributed by atoms with Crippen LogP contribution in [0.2, 0.25) is 0 Å². The number of aliphatic hydroxyl groups is 1. The molecule has 3 aliphatic rings. The molecule has 3 heterocycles. The molecule has 4 atom stereocenters. The summed E-state index contributed by atoms with van der Waals surface area (Å²) >= 11 is 0. The Kier molecular flexibility index (Phi) is 2.85. The first-order chi connectivity index (χ1) is 7.51. The number of Topliss-reactive ketones (excluding diaryl/α,β-unsaturated/α-hetero) is 1. The molecule has 0 aromatic heterocycles. The van der Waals surface area contributed by atoms with Crippen molar-refractivity contribution < 1.29 is 14.6 Å². The average molecular weight is 227 g/mol. The minimum absolute atomic E-state index is 0.137. The summed E-state index contributed by atoms with van der Waals surface area (Å²) in [4.78, 5) is 14.7. The zero-order valence-corrected chi connectivity index (χ0v) is 10.3. The number of hydrogen-bond acceptors (Lipinski definition) is 4. The minimum Gasteiger partial charge on any atom is -0.394 e. The van der Waals surface area contributed by atoms with Gasteiger partial charge in [0.05, 0.1) is 13.2 Å². The fraction of sp³-hybridized carbons (Fsp3) is 0.917. The van der Waals surface area contributed by atoms with Gasteiger partial charge in [-0.3, -0.25) is 9.69 Å². The minimum atomic E-state index is -0.783. The van der Waals surface area contributed by atoms with Crippen molar-refractivity contribution in [2.24, 2.45) is 11.3 Å². The number of fused-ring (bicyclic) bond motifs is 3. The Morgan fingerprint density at radius 3 is 2.81 bits per heavy atom. The number of hydrogen-bond donors (Lipinski definition) is 1. The van der Waals surface area contributed by atoms with Crippen molar-refractivity contribution in [2.75, 3.05) is 33.4 Å². The molecule has 1 unspecified atom stereocenters. The zero-order chi connectivity index (χ0) is 12.0. The van der Waals surface area contributed by atoms with Crippen LogP contribution in [-0.2, 0) is 9.53 Å². The number of nitrogens with zero attached hydrogens (tertiary/aromatic N) is 1. The van der Waals surface area contributed by atoms with Crippen LogP contribution in [0.1, 0.15) is 20.3 Å². The average Bonchev–Trinajstić information content (AvgIpc) is 2.27. The molecule has 0 aromatic carbocycles. The van der Waals surface area contributed by atoms with Crippen LogP contribution >= 0.6 is 0 Å². The lowest BCUT2D eigenvalue weighted by atomic mass is 9.59. The van der Waals surface area contributed by atoms with Gasteiger partial charge in [-0.05, 0) is 12.3 Å². The van der Waals surface area contributed by atoms with Gasteiger partial charge in [-0.15, -0.1) is 0 Å². The van der Waals surface area contributed by atoms with Gasteiger partial charge in [0.1, 0.15) is 5.54 Å². The van der Waals surface area contributed by atoms with Crippen LogP contribution in [0.25, 0.3) is 0 Å². The van der Waals surface area contributed by atoms with E-state index in [2.05, 4.69) is 11.8 Å². The number of methoxy groups -OCH3 is 1. The molecule has 0 aliphatic carbocycles. The maximum Gasteiger partial charge on any atom is 0.164 e. The van der Waals surface area contributed by atoms with Crippen LogP contribution in [0.3, 0.4) is 0 Å². The number of ether oxygens (including phenoxy) is 1. The van der Waals surface area contributed by atoms with Crippen LogP contribution in [0.5, 0.6) is 0 Å². The molecule has 4 heteroatoms. The fourth-order valence-electron chi connectivity index (χ4n) is 3.25. The van der Waals surface area contributed by atoms with Gasteiger partial charge in [-0.1, -0.05) is 13.8 Å². The summed E-state index contributed by atoms with van der Waals surface area (Å²) in [6, 6.07) is 0. The van der Waals surface area contributed by atoms with Crippen molar-refractivity contribution in [1.82, 2.24) is 4.90 Å². The van der Waals surface area contributed by atoms with Crippen molar-refractivity contribution in [3.05, 3.63) is 0 Å². The Bertz CT molecular complexity index is 307. The molecule has 92 valence electrons. The fourth-order valence-corrected chi connectivity index (χ4v) is 3.25. The van der Waals surface area contributed by atoms with Crippen LogP contribution in [0, 0.1) is 11.3 Å². The predicted molar refractivity (Wildman–Crippen MR) is 60.2 cm³/mol. The monoisotopic (exact) mass is 227 g/mol. The normalized spacial score (nSPS) is 47.4. The second-order valence-electron chi connectivity index (χ2n) is 5.47. The van der Waals surface area contributed by atoms with E-state index in [1.165, 1.54) is 0 Å². The van der Waals surface area contributed by atoms with Crippen LogP contribution in [0.4, 0.5) is 0 Å². The van der Waals surface area contributed by atoms with Crippen LogP contribution in [-0.4, -0.2) is 54.7 Å². The Labute approximate surface area is 96.6 Å². The van der Waals surface area contributed by atoms with Gasteiger partial charge in [-0.2, -0.15) is 0 Å². The molecule has 3 saturated heterocycles. The lowest BCUT2D eigenvalue weighted by molar-refractivity contribution is -0.177. The lowest BCUT2D eigenvalue weighted by Gasteiger charge is -2.59. The molecule has 0 saturated carbocycles. The molecule has 3 fully saturated rings. The van der Waals surface area contributed by atoms with Crippen molar-refractivity contribution in [2.45, 2.75) is 25.8 Å². The van der Waals surface area contributed by atoms with Gasteiger partial charge in [0.25, 0.3) is 0 Å². The molecule has 2 bridgehead atoms. The van der Waals surface area contributed by atoms with Gasteiger partial charge < -0.3 is 9.84 Å². The van der Waals surface area contributed by atoms with Gasteiger partial charge in [0.2, 0.25) is 0 Å². The first kappa shape index (κ1) is 12.0. The largest absolute Gasteiger partial charge is 0.394 e. The van der Waals surface area contributed by atoms with Crippen molar-refractivity contribution in [1.29, 1.82) is 0 Å². The molecular formula is C12H21NO3. The Balaban J connectivity index is 2.39. The van der Waals surface area contributed by atoms with E-state index >= 15 is 0 Å². The summed E-state index contributed by atoms with van der Waals surface area (Å²) < 4.78 is 5.16. The van der Waals surface area contributed by atoms with E-state index in [4.69, 9.17) is 4.74 Å². The van der Waals surface area contributed by atoms with Gasteiger partial charge in [-0.25, -0.2) is 0 Å². The molecular weight excluding hydrogens is 206 g/mol. The Hall–Kier alpha value is -0.450. The van der Waals surface area contributed by atoms with E-state index in [-0.39, 0.29) is 17.8 Å². The number of carbonyl (C=O) groups excluding carboxylic acids is 1. The highest BCUT2D eigenvalue weighted by Crippen LogP contribution is 2.48. The topological polar surface area (TPSA) is 49.8 Å². The molecule has 3 aliphatic heterocycles. The lowest BCUT2D eigenvalue weighted by Crippen LogP contribution is -2.74. The third-order valence-corrected chi connectivity index (χ3v) is 4.67. The maximum absolute atomic E-state index is 12.6. The van der Waals surface area contributed by atoms with E-state index in [9.17, 15) is 9.90 Å². The van der Waals surface area contributed by atoms with E-state index in [1.54, 1.807) is 7.11 Å². The molecule has 3 rings (SSSR count). The number of rotatable bonds is 3. The van der Waals surface area contributed by atoms with Crippen LogP contribution in [0.15, 0.2) is 0 Å². The molecule has 1 N–H and O–H groups in total. The molecule has 0 spiro atoms. The summed E-state index contributed by atoms with van der Waals surface area (Å²) in [6.07, 6.45) is 0.901.